The van der Waals surface area contributed by atoms with Gasteiger partial charge in [0.05, 0.1) is 17.6 Å². The molecule has 6 heteroatoms. The highest BCUT2D eigenvalue weighted by Gasteiger charge is 2.29. The van der Waals surface area contributed by atoms with Gasteiger partial charge in [0.1, 0.15) is 12.0 Å². The minimum absolute atomic E-state index is 0.197. The van der Waals surface area contributed by atoms with E-state index < -0.39 is 6.23 Å². The number of aliphatic hydroxyl groups excluding tert-OH is 1. The number of aryl methyl sites for hydroxylation is 3. The third-order valence-electron chi connectivity index (χ3n) is 7.82. The molecule has 1 aromatic heterocycles. The van der Waals surface area contributed by atoms with Crippen LogP contribution in [0, 0.1) is 32.5 Å². The van der Waals surface area contributed by atoms with Gasteiger partial charge in [0.2, 0.25) is 5.95 Å². The third kappa shape index (κ3) is 4.84. The Labute approximate surface area is 202 Å². The molecule has 5 rings (SSSR count). The highest BCUT2D eigenvalue weighted by molar-refractivity contribution is 5.81. The minimum atomic E-state index is -0.426. The van der Waals surface area contributed by atoms with Crippen LogP contribution in [-0.2, 0) is 6.54 Å². The number of nitrogens with one attached hydrogen (secondary N) is 1. The Bertz CT molecular complexity index is 1140. The van der Waals surface area contributed by atoms with Gasteiger partial charge >= 0.3 is 0 Å². The number of hydrogen-bond acceptors (Lipinski definition) is 4. The fourth-order valence-corrected chi connectivity index (χ4v) is 5.74. The fraction of sp³-hybridized carbons (Fsp3) is 0.536. The third-order valence-corrected chi connectivity index (χ3v) is 7.82. The highest BCUT2D eigenvalue weighted by Crippen LogP contribution is 2.31. The summed E-state index contributed by atoms with van der Waals surface area (Å²) in [4.78, 5) is 7.39. The van der Waals surface area contributed by atoms with E-state index in [2.05, 4.69) is 46.8 Å². The Morgan fingerprint density at radius 3 is 2.41 bits per heavy atom. The predicted molar refractivity (Wildman–Crippen MR) is 136 cm³/mol. The maximum absolute atomic E-state index is 14.1. The quantitative estimate of drug-likeness (QED) is 0.492. The Morgan fingerprint density at radius 1 is 1.00 bits per heavy atom. The molecule has 2 aliphatic rings. The SMILES string of the molecule is Cc1cc(F)cc(Cn2c(N3CCC(C(O)NC4CCCC4)CC3)nc3cc(C)c(C)cc32)c1. The van der Waals surface area contributed by atoms with E-state index >= 15 is 0 Å². The number of nitrogens with zero attached hydrogens (tertiary/aromatic N) is 3. The van der Waals surface area contributed by atoms with Crippen molar-refractivity contribution in [2.24, 2.45) is 5.92 Å². The van der Waals surface area contributed by atoms with Crippen LogP contribution in [-0.4, -0.2) is 40.0 Å². The first-order valence-electron chi connectivity index (χ1n) is 12.8. The van der Waals surface area contributed by atoms with E-state index in [4.69, 9.17) is 4.98 Å². The van der Waals surface area contributed by atoms with Crippen molar-refractivity contribution < 1.29 is 9.50 Å². The Morgan fingerprint density at radius 2 is 1.71 bits per heavy atom. The van der Waals surface area contributed by atoms with Gasteiger partial charge in [-0.15, -0.1) is 0 Å². The number of piperidine rings is 1. The van der Waals surface area contributed by atoms with Crippen molar-refractivity contribution in [2.45, 2.75) is 78.1 Å². The zero-order chi connectivity index (χ0) is 23.8. The minimum Gasteiger partial charge on any atom is -0.378 e. The molecule has 2 fully saturated rings. The van der Waals surface area contributed by atoms with Gasteiger partial charge in [-0.25, -0.2) is 9.37 Å². The van der Waals surface area contributed by atoms with E-state index in [9.17, 15) is 9.50 Å². The van der Waals surface area contributed by atoms with Gasteiger partial charge in [0.15, 0.2) is 0 Å². The molecule has 1 saturated carbocycles. The number of aromatic nitrogens is 2. The standard InChI is InChI=1S/C28H37FN4O/c1-18-12-21(16-23(29)13-18)17-33-26-15-20(3)19(2)14-25(26)31-28(33)32-10-8-22(9-11-32)27(34)30-24-6-4-5-7-24/h12-16,22,24,27,30,34H,4-11,17H2,1-3H3. The van der Waals surface area contributed by atoms with Crippen LogP contribution >= 0.6 is 0 Å². The van der Waals surface area contributed by atoms with Crippen molar-refractivity contribution >= 4 is 17.0 Å². The zero-order valence-electron chi connectivity index (χ0n) is 20.6. The Balaban J connectivity index is 1.39. The summed E-state index contributed by atoms with van der Waals surface area (Å²) in [6.45, 7) is 8.48. The molecule has 2 aromatic carbocycles. The van der Waals surface area contributed by atoms with Crippen molar-refractivity contribution in [1.82, 2.24) is 14.9 Å². The summed E-state index contributed by atoms with van der Waals surface area (Å²) in [6, 6.07) is 10.1. The van der Waals surface area contributed by atoms with Crippen LogP contribution < -0.4 is 10.2 Å². The molecular formula is C28H37FN4O. The first-order chi connectivity index (χ1) is 16.4. The number of rotatable bonds is 6. The molecule has 34 heavy (non-hydrogen) atoms. The van der Waals surface area contributed by atoms with Crippen LogP contribution in [0.25, 0.3) is 11.0 Å². The molecule has 1 aliphatic heterocycles. The fourth-order valence-electron chi connectivity index (χ4n) is 5.74. The number of fused-ring (bicyclic) bond motifs is 1. The van der Waals surface area contributed by atoms with Gasteiger partial charge in [-0.3, -0.25) is 5.32 Å². The number of aliphatic hydroxyl groups is 1. The van der Waals surface area contributed by atoms with E-state index in [-0.39, 0.29) is 11.7 Å². The zero-order valence-corrected chi connectivity index (χ0v) is 20.6. The summed E-state index contributed by atoms with van der Waals surface area (Å²) < 4.78 is 16.4. The first-order valence-corrected chi connectivity index (χ1v) is 12.8. The molecule has 2 N–H and O–H groups in total. The molecular weight excluding hydrogens is 427 g/mol. The Kier molecular flexibility index (Phi) is 6.63. The van der Waals surface area contributed by atoms with Crippen molar-refractivity contribution in [3.8, 4) is 0 Å². The van der Waals surface area contributed by atoms with E-state index in [0.29, 0.717) is 12.6 Å². The van der Waals surface area contributed by atoms with Gasteiger partial charge in [0.25, 0.3) is 0 Å². The lowest BCUT2D eigenvalue weighted by atomic mass is 9.94. The van der Waals surface area contributed by atoms with E-state index in [1.54, 1.807) is 12.1 Å². The van der Waals surface area contributed by atoms with Gasteiger partial charge in [-0.05, 0) is 93.0 Å². The lowest BCUT2D eigenvalue weighted by Crippen LogP contribution is -2.46. The second kappa shape index (κ2) is 9.67. The van der Waals surface area contributed by atoms with Crippen molar-refractivity contribution in [2.75, 3.05) is 18.0 Å². The van der Waals surface area contributed by atoms with Crippen LogP contribution in [0.15, 0.2) is 30.3 Å². The molecule has 182 valence electrons. The molecule has 1 atom stereocenters. The summed E-state index contributed by atoms with van der Waals surface area (Å²) in [6.07, 6.45) is 6.33. The van der Waals surface area contributed by atoms with E-state index in [1.165, 1.54) is 36.8 Å². The molecule has 0 radical (unpaired) electrons. The average molecular weight is 465 g/mol. The topological polar surface area (TPSA) is 53.3 Å². The molecule has 3 aromatic rings. The van der Waals surface area contributed by atoms with Gasteiger partial charge in [-0.2, -0.15) is 0 Å². The van der Waals surface area contributed by atoms with Crippen LogP contribution in [0.3, 0.4) is 0 Å². The summed E-state index contributed by atoms with van der Waals surface area (Å²) in [5.74, 6) is 1.02. The van der Waals surface area contributed by atoms with Crippen LogP contribution in [0.1, 0.15) is 60.8 Å². The second-order valence-electron chi connectivity index (χ2n) is 10.5. The molecule has 5 nitrogen and oxygen atoms in total. The average Bonchev–Trinajstić information content (AvgIpc) is 3.42. The molecule has 0 spiro atoms. The van der Waals surface area contributed by atoms with Crippen molar-refractivity contribution in [1.29, 1.82) is 0 Å². The number of imidazole rings is 1. The van der Waals surface area contributed by atoms with Crippen molar-refractivity contribution in [3.05, 3.63) is 58.4 Å². The monoisotopic (exact) mass is 464 g/mol. The maximum Gasteiger partial charge on any atom is 0.206 e. The van der Waals surface area contributed by atoms with Crippen LogP contribution in [0.4, 0.5) is 10.3 Å². The van der Waals surface area contributed by atoms with Gasteiger partial charge in [0, 0.05) is 25.0 Å². The lowest BCUT2D eigenvalue weighted by Gasteiger charge is -2.36. The molecule has 1 saturated heterocycles. The number of benzene rings is 2. The van der Waals surface area contributed by atoms with Crippen molar-refractivity contribution in [3.63, 3.8) is 0 Å². The lowest BCUT2D eigenvalue weighted by molar-refractivity contribution is 0.0512. The Hall–Kier alpha value is -2.44. The van der Waals surface area contributed by atoms with Gasteiger partial charge < -0.3 is 14.6 Å². The smallest absolute Gasteiger partial charge is 0.206 e. The molecule has 1 aliphatic carbocycles. The normalized spacial score (nSPS) is 18.8. The highest BCUT2D eigenvalue weighted by atomic mass is 19.1. The summed E-state index contributed by atoms with van der Waals surface area (Å²) in [7, 11) is 0. The summed E-state index contributed by atoms with van der Waals surface area (Å²) in [5, 5.41) is 14.3. The van der Waals surface area contributed by atoms with E-state index in [1.807, 2.05) is 6.92 Å². The molecule has 0 amide bonds. The maximum atomic E-state index is 14.1. The number of halogens is 1. The summed E-state index contributed by atoms with van der Waals surface area (Å²) in [5.41, 5.74) is 6.40. The molecule has 1 unspecified atom stereocenters. The molecule has 2 heterocycles. The molecule has 0 bridgehead atoms. The summed E-state index contributed by atoms with van der Waals surface area (Å²) >= 11 is 0. The number of anilines is 1. The van der Waals surface area contributed by atoms with Crippen LogP contribution in [0.2, 0.25) is 0 Å². The largest absolute Gasteiger partial charge is 0.378 e. The first kappa shape index (κ1) is 23.3. The number of hydrogen-bond donors (Lipinski definition) is 2. The predicted octanol–water partition coefficient (Wildman–Crippen LogP) is 5.22. The van der Waals surface area contributed by atoms with Crippen LogP contribution in [0.5, 0.6) is 0 Å². The van der Waals surface area contributed by atoms with E-state index in [0.717, 1.165) is 54.0 Å². The van der Waals surface area contributed by atoms with Gasteiger partial charge in [-0.1, -0.05) is 18.9 Å². The second-order valence-corrected chi connectivity index (χ2v) is 10.5.